The smallest absolute Gasteiger partial charge is 0.429 e. The lowest BCUT2D eigenvalue weighted by atomic mass is 9.69. The second kappa shape index (κ2) is 15.5. The second-order valence-electron chi connectivity index (χ2n) is 14.6. The van der Waals surface area contributed by atoms with Crippen LogP contribution in [0.5, 0.6) is 0 Å². The van der Waals surface area contributed by atoms with Gasteiger partial charge in [-0.1, -0.05) is 88.0 Å². The highest BCUT2D eigenvalue weighted by molar-refractivity contribution is 6.30. The summed E-state index contributed by atoms with van der Waals surface area (Å²) in [5, 5.41) is 11.8. The molecule has 2 aliphatic rings. The molecular weight excluding hydrogens is 591 g/mol. The van der Waals surface area contributed by atoms with E-state index in [4.69, 9.17) is 32.7 Å². The van der Waals surface area contributed by atoms with Crippen LogP contribution in [0.15, 0.2) is 48.5 Å². The minimum absolute atomic E-state index is 0. The first-order valence-electron chi connectivity index (χ1n) is 15.1. The maximum Gasteiger partial charge on any atom is 0.509 e. The molecule has 4 atom stereocenters. The summed E-state index contributed by atoms with van der Waals surface area (Å²) >= 11 is 12.1. The molecule has 0 aliphatic heterocycles. The van der Waals surface area contributed by atoms with Crippen molar-refractivity contribution in [2.75, 3.05) is 0 Å². The summed E-state index contributed by atoms with van der Waals surface area (Å²) in [7, 11) is 0. The highest BCUT2D eigenvalue weighted by Gasteiger charge is 2.36. The van der Waals surface area contributed by atoms with E-state index in [-0.39, 0.29) is 35.9 Å². The highest BCUT2D eigenvalue weighted by Crippen LogP contribution is 2.46. The third kappa shape index (κ3) is 11.9. The molecule has 2 aromatic rings. The van der Waals surface area contributed by atoms with E-state index < -0.39 is 11.8 Å². The van der Waals surface area contributed by atoms with E-state index in [0.29, 0.717) is 21.4 Å². The maximum atomic E-state index is 12.3. The van der Waals surface area contributed by atoms with Crippen LogP contribution in [-0.2, 0) is 9.47 Å². The largest absolute Gasteiger partial charge is 0.509 e. The highest BCUT2D eigenvalue weighted by atomic mass is 35.5. The molecule has 2 aliphatic carbocycles. The molecule has 4 nitrogen and oxygen atoms in total. The van der Waals surface area contributed by atoms with Gasteiger partial charge in [-0.05, 0) is 111 Å². The monoisotopic (exact) mass is 640 g/mol. The predicted octanol–water partition coefficient (Wildman–Crippen LogP) is 11.6. The van der Waals surface area contributed by atoms with Gasteiger partial charge in [0.15, 0.2) is 0 Å². The van der Waals surface area contributed by atoms with Crippen molar-refractivity contribution in [2.45, 2.75) is 118 Å². The van der Waals surface area contributed by atoms with Crippen LogP contribution in [0.25, 0.3) is 0 Å². The Morgan fingerprint density at radius 1 is 0.857 bits per heavy atom. The lowest BCUT2D eigenvalue weighted by molar-refractivity contribution is -0.0512. The predicted molar refractivity (Wildman–Crippen MR) is 177 cm³/mol. The third-order valence-electron chi connectivity index (χ3n) is 8.34. The van der Waals surface area contributed by atoms with E-state index in [1.165, 1.54) is 19.3 Å². The summed E-state index contributed by atoms with van der Waals surface area (Å²) in [4.78, 5) is 12.3. The van der Waals surface area contributed by atoms with Crippen molar-refractivity contribution in [2.24, 2.45) is 22.7 Å². The van der Waals surface area contributed by atoms with Gasteiger partial charge in [-0.3, -0.25) is 0 Å². The normalized spacial score (nSPS) is 22.8. The molecule has 2 saturated carbocycles. The molecule has 236 valence electrons. The quantitative estimate of drug-likeness (QED) is 0.330. The lowest BCUT2D eigenvalue weighted by Gasteiger charge is -2.39. The average Bonchev–Trinajstić information content (AvgIpc) is 2.85. The van der Waals surface area contributed by atoms with Crippen molar-refractivity contribution in [1.29, 1.82) is 0 Å². The summed E-state index contributed by atoms with van der Waals surface area (Å²) in [6.07, 6.45) is 7.82. The van der Waals surface area contributed by atoms with Crippen LogP contribution in [-0.4, -0.2) is 16.9 Å². The van der Waals surface area contributed by atoms with Gasteiger partial charge < -0.3 is 14.6 Å². The molecule has 0 aromatic heterocycles. The number of aliphatic hydroxyl groups is 1. The standard InChI is InChI=1S/C20H29ClO3.C15H21ClO.ClH/c1-19(2,3)24-18(22)23-17(14-8-6-10-16(21)12-14)15-9-7-11-20(4,5)13-15;1-15(2)8-4-6-12(10-15)14(17)11-5-3-7-13(16)9-11;/h6,8,10,12,15,17H,7,9,11,13H2,1-5H3;3,5,7,9,12,14,17H,4,6,8,10H2,1-2H3;1H/t15-,17+;12-,14+;/m00./s1. The third-order valence-corrected chi connectivity index (χ3v) is 8.81. The molecule has 0 bridgehead atoms. The van der Waals surface area contributed by atoms with Gasteiger partial charge in [0.25, 0.3) is 0 Å². The molecule has 0 radical (unpaired) electrons. The number of hydrogen-bond donors (Lipinski definition) is 1. The Kier molecular flexibility index (Phi) is 13.6. The van der Waals surface area contributed by atoms with E-state index in [1.807, 2.05) is 69.3 Å². The number of hydrogen-bond acceptors (Lipinski definition) is 4. The first-order valence-corrected chi connectivity index (χ1v) is 15.9. The maximum absolute atomic E-state index is 12.3. The van der Waals surface area contributed by atoms with Crippen molar-refractivity contribution in [3.8, 4) is 0 Å². The van der Waals surface area contributed by atoms with Crippen molar-refractivity contribution < 1.29 is 19.4 Å². The van der Waals surface area contributed by atoms with Gasteiger partial charge in [0.05, 0.1) is 6.10 Å². The summed E-state index contributed by atoms with van der Waals surface area (Å²) < 4.78 is 11.1. The molecule has 2 fully saturated rings. The van der Waals surface area contributed by atoms with Crippen LogP contribution in [0, 0.1) is 22.7 Å². The topological polar surface area (TPSA) is 55.8 Å². The van der Waals surface area contributed by atoms with Gasteiger partial charge >= 0.3 is 6.16 Å². The van der Waals surface area contributed by atoms with E-state index in [2.05, 4.69) is 27.7 Å². The van der Waals surface area contributed by atoms with E-state index in [9.17, 15) is 9.90 Å². The van der Waals surface area contributed by atoms with Crippen molar-refractivity contribution >= 4 is 41.8 Å². The first-order chi connectivity index (χ1) is 19.0. The summed E-state index contributed by atoms with van der Waals surface area (Å²) in [5.74, 6) is 0.650. The van der Waals surface area contributed by atoms with Gasteiger partial charge in [-0.15, -0.1) is 12.4 Å². The fourth-order valence-corrected chi connectivity index (χ4v) is 6.90. The van der Waals surface area contributed by atoms with Crippen LogP contribution in [0.1, 0.15) is 123 Å². The average molecular weight is 642 g/mol. The van der Waals surface area contributed by atoms with Gasteiger partial charge in [0.1, 0.15) is 11.7 Å². The van der Waals surface area contributed by atoms with Crippen LogP contribution in [0.2, 0.25) is 10.0 Å². The molecule has 1 N–H and O–H groups in total. The molecule has 0 amide bonds. The van der Waals surface area contributed by atoms with Crippen LogP contribution >= 0.6 is 35.6 Å². The fraction of sp³-hybridized carbons (Fsp3) is 0.629. The molecule has 0 saturated heterocycles. The first kappa shape index (κ1) is 36.7. The zero-order chi connectivity index (χ0) is 30.4. The van der Waals surface area contributed by atoms with Gasteiger partial charge in [0.2, 0.25) is 0 Å². The Morgan fingerprint density at radius 3 is 1.83 bits per heavy atom. The van der Waals surface area contributed by atoms with Gasteiger partial charge in [-0.2, -0.15) is 0 Å². The van der Waals surface area contributed by atoms with E-state index >= 15 is 0 Å². The second-order valence-corrected chi connectivity index (χ2v) is 15.5. The number of ether oxygens (including phenoxy) is 2. The molecule has 0 unspecified atom stereocenters. The number of carbonyl (C=O) groups excluding carboxylic acids is 1. The Hall–Kier alpha value is -1.46. The molecule has 2 aromatic carbocycles. The van der Waals surface area contributed by atoms with Crippen LogP contribution in [0.4, 0.5) is 4.79 Å². The number of halogens is 3. The molecule has 4 rings (SSSR count). The molecular formula is C35H51Cl3O4. The number of benzene rings is 2. The minimum Gasteiger partial charge on any atom is -0.429 e. The fourth-order valence-electron chi connectivity index (χ4n) is 6.50. The summed E-state index contributed by atoms with van der Waals surface area (Å²) in [6, 6.07) is 15.2. The Labute approximate surface area is 270 Å². The summed E-state index contributed by atoms with van der Waals surface area (Å²) in [6.45, 7) is 14.7. The minimum atomic E-state index is -0.615. The Balaban J connectivity index is 0.000000302. The van der Waals surface area contributed by atoms with Crippen molar-refractivity contribution in [1.82, 2.24) is 0 Å². The summed E-state index contributed by atoms with van der Waals surface area (Å²) in [5.41, 5.74) is 1.96. The van der Waals surface area contributed by atoms with Gasteiger partial charge in [0, 0.05) is 16.0 Å². The van der Waals surface area contributed by atoms with Crippen LogP contribution in [0.3, 0.4) is 0 Å². The van der Waals surface area contributed by atoms with Crippen molar-refractivity contribution in [3.05, 3.63) is 69.7 Å². The zero-order valence-corrected chi connectivity index (χ0v) is 28.7. The lowest BCUT2D eigenvalue weighted by Crippen LogP contribution is -2.31. The Bertz CT molecular complexity index is 1140. The zero-order valence-electron chi connectivity index (χ0n) is 26.4. The molecule has 42 heavy (non-hydrogen) atoms. The molecule has 0 heterocycles. The Morgan fingerprint density at radius 2 is 1.33 bits per heavy atom. The van der Waals surface area contributed by atoms with E-state index in [1.54, 1.807) is 0 Å². The van der Waals surface area contributed by atoms with E-state index in [0.717, 1.165) is 43.2 Å². The SMILES string of the molecule is CC1(C)CCC[C@H]([C@H](O)c2cccc(Cl)c2)C1.CC1(C)CCC[C@H]([C@H](OC(=O)OC(C)(C)C)c2cccc(Cl)c2)C1.Cl. The molecule has 0 spiro atoms. The number of aliphatic hydroxyl groups excluding tert-OH is 1. The molecule has 7 heteroatoms. The number of rotatable bonds is 5. The number of carbonyl (C=O) groups is 1. The van der Waals surface area contributed by atoms with Crippen LogP contribution < -0.4 is 0 Å². The van der Waals surface area contributed by atoms with Gasteiger partial charge in [-0.25, -0.2) is 4.79 Å². The van der Waals surface area contributed by atoms with Crippen molar-refractivity contribution in [3.63, 3.8) is 0 Å².